The third kappa shape index (κ3) is 3.82. The van der Waals surface area contributed by atoms with Crippen LogP contribution in [0.25, 0.3) is 0 Å². The maximum Gasteiger partial charge on any atom is 0.242 e. The van der Waals surface area contributed by atoms with E-state index in [-0.39, 0.29) is 4.90 Å². The zero-order valence-corrected chi connectivity index (χ0v) is 14.3. The Labute approximate surface area is 141 Å². The standard InChI is InChI=1S/C16H16ClN3O2S/c1-20(2)23(21,22)14-8-6-12(7-9-14)11-19-16-13(10-18)4-3-5-15(16)17/h3-9,19H,11H2,1-2H3. The number of anilines is 1. The molecule has 0 saturated carbocycles. The van der Waals surface area contributed by atoms with Gasteiger partial charge in [0.15, 0.2) is 0 Å². The third-order valence-corrected chi connectivity index (χ3v) is 5.45. The van der Waals surface area contributed by atoms with Crippen molar-refractivity contribution < 1.29 is 8.42 Å². The first kappa shape index (κ1) is 17.3. The molecule has 2 aromatic carbocycles. The summed E-state index contributed by atoms with van der Waals surface area (Å²) in [5.41, 5.74) is 1.91. The van der Waals surface area contributed by atoms with Crippen molar-refractivity contribution in [2.24, 2.45) is 0 Å². The van der Waals surface area contributed by atoms with Crippen molar-refractivity contribution in [3.8, 4) is 6.07 Å². The molecule has 0 radical (unpaired) electrons. The fourth-order valence-corrected chi connectivity index (χ4v) is 3.12. The molecule has 0 spiro atoms. The van der Waals surface area contributed by atoms with Crippen molar-refractivity contribution in [1.82, 2.24) is 4.31 Å². The van der Waals surface area contributed by atoms with Crippen molar-refractivity contribution in [3.63, 3.8) is 0 Å². The molecule has 0 bridgehead atoms. The number of rotatable bonds is 5. The van der Waals surface area contributed by atoms with E-state index in [1.165, 1.54) is 18.4 Å². The van der Waals surface area contributed by atoms with Crippen molar-refractivity contribution in [1.29, 1.82) is 5.26 Å². The second-order valence-electron chi connectivity index (χ2n) is 5.06. The minimum Gasteiger partial charge on any atom is -0.379 e. The Morgan fingerprint density at radius 2 is 1.83 bits per heavy atom. The van der Waals surface area contributed by atoms with Gasteiger partial charge in [-0.2, -0.15) is 5.26 Å². The molecule has 7 heteroatoms. The highest BCUT2D eigenvalue weighted by Crippen LogP contribution is 2.26. The molecule has 0 saturated heterocycles. The summed E-state index contributed by atoms with van der Waals surface area (Å²) in [5.74, 6) is 0. The Morgan fingerprint density at radius 3 is 2.39 bits per heavy atom. The molecular formula is C16H16ClN3O2S. The molecule has 2 rings (SSSR count). The van der Waals surface area contributed by atoms with E-state index < -0.39 is 10.0 Å². The van der Waals surface area contributed by atoms with E-state index in [1.54, 1.807) is 42.5 Å². The second-order valence-corrected chi connectivity index (χ2v) is 7.62. The van der Waals surface area contributed by atoms with Crippen LogP contribution in [0.2, 0.25) is 5.02 Å². The lowest BCUT2D eigenvalue weighted by molar-refractivity contribution is 0.520. The highest BCUT2D eigenvalue weighted by Gasteiger charge is 2.16. The zero-order valence-electron chi connectivity index (χ0n) is 12.7. The first-order chi connectivity index (χ1) is 10.9. The topological polar surface area (TPSA) is 73.2 Å². The van der Waals surface area contributed by atoms with Gasteiger partial charge in [-0.3, -0.25) is 0 Å². The molecule has 2 aromatic rings. The summed E-state index contributed by atoms with van der Waals surface area (Å²) in [6.07, 6.45) is 0. The molecule has 0 aromatic heterocycles. The van der Waals surface area contributed by atoms with Gasteiger partial charge in [-0.25, -0.2) is 12.7 Å². The van der Waals surface area contributed by atoms with Crippen molar-refractivity contribution in [2.45, 2.75) is 11.4 Å². The van der Waals surface area contributed by atoms with Crippen LogP contribution in [0.1, 0.15) is 11.1 Å². The summed E-state index contributed by atoms with van der Waals surface area (Å²) in [6, 6.07) is 13.8. The molecular weight excluding hydrogens is 334 g/mol. The van der Waals surface area contributed by atoms with Gasteiger partial charge in [0.2, 0.25) is 10.0 Å². The Kier molecular flexibility index (Phi) is 5.26. The van der Waals surface area contributed by atoms with Gasteiger partial charge < -0.3 is 5.32 Å². The number of hydrogen-bond donors (Lipinski definition) is 1. The van der Waals surface area contributed by atoms with Crippen LogP contribution in [0.3, 0.4) is 0 Å². The lowest BCUT2D eigenvalue weighted by atomic mass is 10.1. The number of nitrogens with zero attached hydrogens (tertiary/aromatic N) is 2. The number of sulfonamides is 1. The molecule has 0 unspecified atom stereocenters. The van der Waals surface area contributed by atoms with Crippen LogP contribution in [0, 0.1) is 11.3 Å². The normalized spacial score (nSPS) is 11.3. The first-order valence-corrected chi connectivity index (χ1v) is 8.62. The van der Waals surface area contributed by atoms with Crippen LogP contribution in [0.15, 0.2) is 47.4 Å². The maximum absolute atomic E-state index is 12.0. The Bertz CT molecular complexity index is 841. The Balaban J connectivity index is 2.16. The average molecular weight is 350 g/mol. The van der Waals surface area contributed by atoms with Crippen LogP contribution in [-0.2, 0) is 16.6 Å². The lowest BCUT2D eigenvalue weighted by Gasteiger charge is -2.13. The summed E-state index contributed by atoms with van der Waals surface area (Å²) >= 11 is 6.10. The van der Waals surface area contributed by atoms with Gasteiger partial charge in [-0.15, -0.1) is 0 Å². The number of hydrogen-bond acceptors (Lipinski definition) is 4. The first-order valence-electron chi connectivity index (χ1n) is 6.80. The zero-order chi connectivity index (χ0) is 17.0. The number of benzene rings is 2. The quantitative estimate of drug-likeness (QED) is 0.900. The predicted molar refractivity (Wildman–Crippen MR) is 90.8 cm³/mol. The highest BCUT2D eigenvalue weighted by atomic mass is 35.5. The Morgan fingerprint density at radius 1 is 1.17 bits per heavy atom. The summed E-state index contributed by atoms with van der Waals surface area (Å²) < 4.78 is 25.2. The fraction of sp³-hybridized carbons (Fsp3) is 0.188. The van der Waals surface area contributed by atoms with Gasteiger partial charge in [0.1, 0.15) is 6.07 Å². The van der Waals surface area contributed by atoms with Gasteiger partial charge in [-0.1, -0.05) is 29.8 Å². The van der Waals surface area contributed by atoms with E-state index in [2.05, 4.69) is 11.4 Å². The van der Waals surface area contributed by atoms with E-state index in [0.717, 1.165) is 5.56 Å². The van der Waals surface area contributed by atoms with Crippen LogP contribution in [-0.4, -0.2) is 26.8 Å². The number of para-hydroxylation sites is 1. The minimum absolute atomic E-state index is 0.238. The molecule has 120 valence electrons. The van der Waals surface area contributed by atoms with Crippen LogP contribution in [0.5, 0.6) is 0 Å². The molecule has 0 heterocycles. The minimum atomic E-state index is -3.43. The highest BCUT2D eigenvalue weighted by molar-refractivity contribution is 7.89. The molecule has 0 fully saturated rings. The molecule has 0 aliphatic rings. The van der Waals surface area contributed by atoms with E-state index >= 15 is 0 Å². The van der Waals surface area contributed by atoms with E-state index in [9.17, 15) is 8.42 Å². The van der Waals surface area contributed by atoms with Crippen LogP contribution < -0.4 is 5.32 Å². The molecule has 0 aliphatic heterocycles. The summed E-state index contributed by atoms with van der Waals surface area (Å²) in [7, 11) is -0.446. The van der Waals surface area contributed by atoms with Gasteiger partial charge in [-0.05, 0) is 29.8 Å². The van der Waals surface area contributed by atoms with Crippen LogP contribution in [0.4, 0.5) is 5.69 Å². The van der Waals surface area contributed by atoms with Gasteiger partial charge >= 0.3 is 0 Å². The molecule has 0 aliphatic carbocycles. The SMILES string of the molecule is CN(C)S(=O)(=O)c1ccc(CNc2c(Cl)cccc2C#N)cc1. The van der Waals surface area contributed by atoms with Gasteiger partial charge in [0.05, 0.1) is 21.2 Å². The molecule has 0 atom stereocenters. The molecule has 23 heavy (non-hydrogen) atoms. The average Bonchev–Trinajstić information content (AvgIpc) is 2.53. The lowest BCUT2D eigenvalue weighted by Crippen LogP contribution is -2.22. The van der Waals surface area contributed by atoms with Gasteiger partial charge in [0.25, 0.3) is 0 Å². The van der Waals surface area contributed by atoms with Crippen LogP contribution >= 0.6 is 11.6 Å². The number of halogens is 1. The smallest absolute Gasteiger partial charge is 0.242 e. The largest absolute Gasteiger partial charge is 0.379 e. The summed E-state index contributed by atoms with van der Waals surface area (Å²) in [5, 5.41) is 12.7. The molecule has 0 amide bonds. The van der Waals surface area contributed by atoms with Crippen molar-refractivity contribution in [3.05, 3.63) is 58.6 Å². The fourth-order valence-electron chi connectivity index (χ4n) is 1.98. The summed E-state index contributed by atoms with van der Waals surface area (Å²) in [4.78, 5) is 0.238. The van der Waals surface area contributed by atoms with E-state index in [0.29, 0.717) is 22.8 Å². The second kappa shape index (κ2) is 7.01. The molecule has 5 nitrogen and oxygen atoms in total. The van der Waals surface area contributed by atoms with Gasteiger partial charge in [0, 0.05) is 20.6 Å². The van der Waals surface area contributed by atoms with E-state index in [4.69, 9.17) is 16.9 Å². The maximum atomic E-state index is 12.0. The molecule has 1 N–H and O–H groups in total. The van der Waals surface area contributed by atoms with E-state index in [1.807, 2.05) is 0 Å². The Hall–Kier alpha value is -2.07. The summed E-state index contributed by atoms with van der Waals surface area (Å²) in [6.45, 7) is 0.431. The van der Waals surface area contributed by atoms with Crippen molar-refractivity contribution >= 4 is 27.3 Å². The number of nitrogens with one attached hydrogen (secondary N) is 1. The third-order valence-electron chi connectivity index (χ3n) is 3.31. The number of nitriles is 1. The predicted octanol–water partition coefficient (Wildman–Crippen LogP) is 3.07. The monoisotopic (exact) mass is 349 g/mol. The van der Waals surface area contributed by atoms with Crippen molar-refractivity contribution in [2.75, 3.05) is 19.4 Å².